The Morgan fingerprint density at radius 2 is 1.57 bits per heavy atom. The minimum atomic E-state index is -0.995. The van der Waals surface area contributed by atoms with E-state index in [1.165, 1.54) is 11.3 Å². The first kappa shape index (κ1) is 41.8. The highest BCUT2D eigenvalue weighted by molar-refractivity contribution is 7.17. The van der Waals surface area contributed by atoms with Crippen LogP contribution in [0.1, 0.15) is 111 Å². The van der Waals surface area contributed by atoms with Crippen molar-refractivity contribution in [3.05, 3.63) is 111 Å². The molecule has 4 aromatic rings. The van der Waals surface area contributed by atoms with E-state index in [0.29, 0.717) is 54.3 Å². The molecule has 2 aromatic carbocycles. The normalized spacial score (nSPS) is 12.3. The summed E-state index contributed by atoms with van der Waals surface area (Å²) in [4.78, 5) is 71.8. The van der Waals surface area contributed by atoms with Crippen LogP contribution in [0.2, 0.25) is 0 Å². The lowest BCUT2D eigenvalue weighted by atomic mass is 9.95. The number of fused-ring (bicyclic) bond motifs is 1. The van der Waals surface area contributed by atoms with Crippen molar-refractivity contribution in [3.8, 4) is 0 Å². The molecule has 0 unspecified atom stereocenters. The Balaban J connectivity index is 1.25. The van der Waals surface area contributed by atoms with E-state index in [0.717, 1.165) is 65.8 Å². The number of carbonyl (C=O) groups is 5. The Morgan fingerprint density at radius 1 is 0.821 bits per heavy atom. The summed E-state index contributed by atoms with van der Waals surface area (Å²) in [7, 11) is 1.69. The van der Waals surface area contributed by atoms with Gasteiger partial charge >= 0.3 is 11.9 Å². The lowest BCUT2D eigenvalue weighted by Crippen LogP contribution is -2.41. The molecule has 0 saturated heterocycles. The smallest absolute Gasteiger partial charge is 0.335 e. The number of anilines is 2. The first-order valence-electron chi connectivity index (χ1n) is 19.3. The van der Waals surface area contributed by atoms with Gasteiger partial charge < -0.3 is 25.7 Å². The van der Waals surface area contributed by atoms with Crippen molar-refractivity contribution in [1.29, 1.82) is 0 Å². The number of hydrogen-bond acceptors (Lipinski definition) is 8. The van der Waals surface area contributed by atoms with Crippen LogP contribution in [0.5, 0.6) is 0 Å². The topological polar surface area (TPSA) is 169 Å². The Morgan fingerprint density at radius 3 is 2.25 bits per heavy atom. The van der Waals surface area contributed by atoms with Gasteiger partial charge in [-0.15, -0.1) is 11.3 Å². The molecule has 0 bridgehead atoms. The van der Waals surface area contributed by atoms with Crippen molar-refractivity contribution in [2.75, 3.05) is 30.8 Å². The molecule has 0 fully saturated rings. The predicted octanol–water partition coefficient (Wildman–Crippen LogP) is 7.32. The molecule has 296 valence electrons. The van der Waals surface area contributed by atoms with E-state index in [-0.39, 0.29) is 42.2 Å². The van der Waals surface area contributed by atoms with Crippen LogP contribution in [0.3, 0.4) is 0 Å². The SMILES string of the molecule is CCC(CC)N(CCN(C)C(=O)CCC(=O)O)Cc1cccc(C(=O)Nc2sc3c(c2C(=O)Nc2ccc(CCc4ccc(C(=O)O)cc4)nc2)CCCC3)c1. The van der Waals surface area contributed by atoms with Gasteiger partial charge in [0.15, 0.2) is 0 Å². The van der Waals surface area contributed by atoms with Crippen LogP contribution in [-0.2, 0) is 41.8 Å². The van der Waals surface area contributed by atoms with Gasteiger partial charge in [0, 0.05) is 55.3 Å². The van der Waals surface area contributed by atoms with Gasteiger partial charge in [-0.25, -0.2) is 4.79 Å². The number of likely N-dealkylation sites (N-methyl/N-ethyl adjacent to an activating group) is 1. The second-order valence-electron chi connectivity index (χ2n) is 14.2. The highest BCUT2D eigenvalue weighted by Gasteiger charge is 2.27. The van der Waals surface area contributed by atoms with Gasteiger partial charge in [0.25, 0.3) is 11.8 Å². The molecule has 4 N–H and O–H groups in total. The number of hydrogen-bond donors (Lipinski definition) is 4. The highest BCUT2D eigenvalue weighted by Crippen LogP contribution is 2.39. The maximum absolute atomic E-state index is 13.9. The number of carboxylic acid groups (broad SMARTS) is 2. The summed E-state index contributed by atoms with van der Waals surface area (Å²) >= 11 is 1.46. The lowest BCUT2D eigenvalue weighted by Gasteiger charge is -2.32. The van der Waals surface area contributed by atoms with Crippen molar-refractivity contribution in [2.45, 2.75) is 90.6 Å². The van der Waals surface area contributed by atoms with E-state index in [2.05, 4.69) is 34.4 Å². The Bertz CT molecular complexity index is 2010. The zero-order valence-electron chi connectivity index (χ0n) is 32.3. The van der Waals surface area contributed by atoms with Crippen molar-refractivity contribution in [3.63, 3.8) is 0 Å². The molecular weight excluding hydrogens is 731 g/mol. The summed E-state index contributed by atoms with van der Waals surface area (Å²) in [6.07, 6.45) is 8.17. The first-order chi connectivity index (χ1) is 26.9. The van der Waals surface area contributed by atoms with Crippen molar-refractivity contribution in [2.24, 2.45) is 0 Å². The summed E-state index contributed by atoms with van der Waals surface area (Å²) in [6, 6.07) is 18.2. The van der Waals surface area contributed by atoms with Crippen LogP contribution >= 0.6 is 11.3 Å². The number of aromatic carboxylic acids is 1. The van der Waals surface area contributed by atoms with E-state index in [9.17, 15) is 24.0 Å². The third-order valence-electron chi connectivity index (χ3n) is 10.3. The minimum absolute atomic E-state index is 0.0359. The molecule has 0 radical (unpaired) electrons. The van der Waals surface area contributed by atoms with Crippen molar-refractivity contribution < 1.29 is 34.2 Å². The van der Waals surface area contributed by atoms with Gasteiger partial charge in [-0.05, 0) is 104 Å². The summed E-state index contributed by atoms with van der Waals surface area (Å²) in [5.41, 5.74) is 5.53. The Kier molecular flexibility index (Phi) is 14.9. The molecule has 0 aliphatic heterocycles. The number of carboxylic acids is 2. The van der Waals surface area contributed by atoms with Crippen LogP contribution < -0.4 is 10.6 Å². The standard InChI is InChI=1S/C43H51N5O7S/c1-4-34(5-2)48(24-23-47(3)37(49)21-22-38(50)51)27-29-9-8-10-31(25-29)40(52)46-42-39(35-11-6-7-12-36(35)56-42)41(53)45-33-20-19-32(44-26-33)18-15-28-13-16-30(17-14-28)43(54)55/h8-10,13-14,16-17,19-20,25-26,34H,4-7,11-12,15,18,21-24,27H2,1-3H3,(H,45,53)(H,46,52)(H,50,51)(H,54,55). The van der Waals surface area contributed by atoms with Gasteiger partial charge in [-0.1, -0.05) is 38.1 Å². The maximum Gasteiger partial charge on any atom is 0.335 e. The maximum atomic E-state index is 13.9. The minimum Gasteiger partial charge on any atom is -0.481 e. The fraction of sp³-hybridized carbons (Fsp3) is 0.395. The van der Waals surface area contributed by atoms with Gasteiger partial charge in [-0.2, -0.15) is 0 Å². The number of pyridine rings is 1. The van der Waals surface area contributed by atoms with Crippen LogP contribution in [0.25, 0.3) is 0 Å². The van der Waals surface area contributed by atoms with Crippen molar-refractivity contribution in [1.82, 2.24) is 14.8 Å². The molecule has 3 amide bonds. The van der Waals surface area contributed by atoms with Gasteiger partial charge in [0.1, 0.15) is 5.00 Å². The summed E-state index contributed by atoms with van der Waals surface area (Å²) in [5.74, 6) is -2.76. The summed E-state index contributed by atoms with van der Waals surface area (Å²) in [5, 5.41) is 24.7. The number of carbonyl (C=O) groups excluding carboxylic acids is 3. The molecule has 1 aliphatic carbocycles. The monoisotopic (exact) mass is 781 g/mol. The summed E-state index contributed by atoms with van der Waals surface area (Å²) in [6.45, 7) is 5.87. The van der Waals surface area contributed by atoms with E-state index in [4.69, 9.17) is 10.2 Å². The molecule has 5 rings (SSSR count). The molecule has 0 saturated carbocycles. The fourth-order valence-electron chi connectivity index (χ4n) is 7.04. The first-order valence-corrected chi connectivity index (χ1v) is 20.1. The van der Waals surface area contributed by atoms with Crippen LogP contribution in [0.4, 0.5) is 10.7 Å². The average Bonchev–Trinajstić information content (AvgIpc) is 3.57. The second kappa shape index (κ2) is 20.0. The zero-order valence-corrected chi connectivity index (χ0v) is 33.1. The van der Waals surface area contributed by atoms with Crippen molar-refractivity contribution >= 4 is 51.7 Å². The lowest BCUT2D eigenvalue weighted by molar-refractivity contribution is -0.140. The number of amides is 3. The number of benzene rings is 2. The third kappa shape index (κ3) is 11.3. The van der Waals surface area contributed by atoms with E-state index >= 15 is 0 Å². The number of thiophene rings is 1. The molecule has 13 heteroatoms. The molecule has 0 atom stereocenters. The molecule has 1 aliphatic rings. The van der Waals surface area contributed by atoms with E-state index < -0.39 is 11.9 Å². The number of nitrogens with zero attached hydrogens (tertiary/aromatic N) is 3. The zero-order chi connectivity index (χ0) is 40.2. The molecule has 12 nitrogen and oxygen atoms in total. The van der Waals surface area contributed by atoms with E-state index in [1.807, 2.05) is 30.3 Å². The number of aliphatic carboxylic acids is 1. The van der Waals surface area contributed by atoms with Crippen LogP contribution in [0, 0.1) is 0 Å². The van der Waals surface area contributed by atoms with Gasteiger partial charge in [0.05, 0.1) is 29.4 Å². The second-order valence-corrected chi connectivity index (χ2v) is 15.3. The number of rotatable bonds is 19. The molecule has 56 heavy (non-hydrogen) atoms. The quantitative estimate of drug-likeness (QED) is 0.0762. The fourth-order valence-corrected chi connectivity index (χ4v) is 8.33. The number of aryl methyl sites for hydroxylation is 3. The highest BCUT2D eigenvalue weighted by atomic mass is 32.1. The third-order valence-corrected chi connectivity index (χ3v) is 11.5. The number of aromatic nitrogens is 1. The van der Waals surface area contributed by atoms with Gasteiger partial charge in [-0.3, -0.25) is 29.1 Å². The largest absolute Gasteiger partial charge is 0.481 e. The Labute approximate surface area is 332 Å². The average molecular weight is 782 g/mol. The van der Waals surface area contributed by atoms with E-state index in [1.54, 1.807) is 48.5 Å². The molecule has 2 aromatic heterocycles. The Hall–Kier alpha value is -5.40. The van der Waals surface area contributed by atoms with Crippen LogP contribution in [0.15, 0.2) is 66.9 Å². The van der Waals surface area contributed by atoms with Crippen LogP contribution in [-0.4, -0.2) is 80.8 Å². The molecular formula is C43H51N5O7S. The van der Waals surface area contributed by atoms with Gasteiger partial charge in [0.2, 0.25) is 5.91 Å². The molecule has 0 spiro atoms. The predicted molar refractivity (Wildman–Crippen MR) is 218 cm³/mol. The summed E-state index contributed by atoms with van der Waals surface area (Å²) < 4.78 is 0. The number of nitrogens with one attached hydrogen (secondary N) is 2. The molecule has 2 heterocycles.